The second kappa shape index (κ2) is 8.49. The molecule has 1 aromatic carbocycles. The number of thiophene rings is 1. The van der Waals surface area contributed by atoms with Gasteiger partial charge in [-0.3, -0.25) is 4.79 Å². The molecule has 0 saturated heterocycles. The summed E-state index contributed by atoms with van der Waals surface area (Å²) in [5.74, 6) is 1.06. The second-order valence-electron chi connectivity index (χ2n) is 6.01. The van der Waals surface area contributed by atoms with E-state index in [1.54, 1.807) is 22.2 Å². The van der Waals surface area contributed by atoms with Gasteiger partial charge in [-0.05, 0) is 45.9 Å². The standard InChI is InChI=1S/C19H16BrN5O2S/c20-13-11-21-25(12-13)15-6-2-1-5-14(15)22-17(26)8-3-9-18-23-19(24-27-18)16-7-4-10-28-16/h1-2,4-7,10-12H,3,8-9H2,(H,22,26). The van der Waals surface area contributed by atoms with Crippen LogP contribution in [0.4, 0.5) is 5.69 Å². The Labute approximate surface area is 173 Å². The Hall–Kier alpha value is -2.78. The van der Waals surface area contributed by atoms with Gasteiger partial charge in [-0.2, -0.15) is 10.1 Å². The Kier molecular flexibility index (Phi) is 5.63. The molecule has 0 spiro atoms. The van der Waals surface area contributed by atoms with Crippen molar-refractivity contribution in [1.82, 2.24) is 19.9 Å². The van der Waals surface area contributed by atoms with E-state index in [1.807, 2.05) is 48.0 Å². The van der Waals surface area contributed by atoms with Crippen molar-refractivity contribution in [1.29, 1.82) is 0 Å². The van der Waals surface area contributed by atoms with Gasteiger partial charge in [0.2, 0.25) is 17.6 Å². The van der Waals surface area contributed by atoms with Crippen molar-refractivity contribution in [3.8, 4) is 16.4 Å². The summed E-state index contributed by atoms with van der Waals surface area (Å²) >= 11 is 4.95. The summed E-state index contributed by atoms with van der Waals surface area (Å²) in [6.07, 6.45) is 5.07. The number of benzene rings is 1. The zero-order valence-corrected chi connectivity index (χ0v) is 17.1. The van der Waals surface area contributed by atoms with Crippen molar-refractivity contribution in [3.05, 3.63) is 64.5 Å². The van der Waals surface area contributed by atoms with E-state index < -0.39 is 0 Å². The van der Waals surface area contributed by atoms with Crippen LogP contribution in [0.15, 0.2) is 63.2 Å². The molecule has 0 fully saturated rings. The number of carbonyl (C=O) groups excluding carboxylic acids is 1. The average molecular weight is 458 g/mol. The van der Waals surface area contributed by atoms with E-state index in [1.165, 1.54) is 0 Å². The van der Waals surface area contributed by atoms with E-state index in [0.29, 0.717) is 36.7 Å². The fraction of sp³-hybridized carbons (Fsp3) is 0.158. The van der Waals surface area contributed by atoms with Gasteiger partial charge >= 0.3 is 0 Å². The summed E-state index contributed by atoms with van der Waals surface area (Å²) in [4.78, 5) is 17.7. The number of halogens is 1. The van der Waals surface area contributed by atoms with E-state index in [-0.39, 0.29) is 5.91 Å². The number of nitrogens with zero attached hydrogens (tertiary/aromatic N) is 4. The topological polar surface area (TPSA) is 85.8 Å². The van der Waals surface area contributed by atoms with Crippen LogP contribution in [0.25, 0.3) is 16.4 Å². The lowest BCUT2D eigenvalue weighted by Gasteiger charge is -2.10. The van der Waals surface area contributed by atoms with Gasteiger partial charge in [0.15, 0.2) is 0 Å². The molecule has 3 heterocycles. The molecule has 0 saturated carbocycles. The normalized spacial score (nSPS) is 10.9. The van der Waals surface area contributed by atoms with Crippen LogP contribution in [0, 0.1) is 0 Å². The first-order valence-electron chi connectivity index (χ1n) is 8.65. The first-order valence-corrected chi connectivity index (χ1v) is 10.3. The molecule has 0 atom stereocenters. The summed E-state index contributed by atoms with van der Waals surface area (Å²) < 4.78 is 7.85. The van der Waals surface area contributed by atoms with Crippen LogP contribution in [0.3, 0.4) is 0 Å². The molecule has 3 aromatic heterocycles. The monoisotopic (exact) mass is 457 g/mol. The summed E-state index contributed by atoms with van der Waals surface area (Å²) in [5.41, 5.74) is 1.51. The lowest BCUT2D eigenvalue weighted by atomic mass is 10.2. The molecular weight excluding hydrogens is 442 g/mol. The highest BCUT2D eigenvalue weighted by Crippen LogP contribution is 2.23. The van der Waals surface area contributed by atoms with Crippen molar-refractivity contribution in [2.24, 2.45) is 0 Å². The number of aromatic nitrogens is 4. The third kappa shape index (κ3) is 4.37. The van der Waals surface area contributed by atoms with E-state index in [0.717, 1.165) is 15.0 Å². The summed E-state index contributed by atoms with van der Waals surface area (Å²) in [6.45, 7) is 0. The average Bonchev–Trinajstić information content (AvgIpc) is 3.43. The van der Waals surface area contributed by atoms with E-state index >= 15 is 0 Å². The first kappa shape index (κ1) is 18.6. The molecule has 9 heteroatoms. The fourth-order valence-electron chi connectivity index (χ4n) is 2.69. The van der Waals surface area contributed by atoms with E-state index in [4.69, 9.17) is 4.52 Å². The number of amides is 1. The Morgan fingerprint density at radius 2 is 2.14 bits per heavy atom. The first-order chi connectivity index (χ1) is 13.7. The minimum atomic E-state index is -0.0725. The van der Waals surface area contributed by atoms with Crippen LogP contribution in [0.5, 0.6) is 0 Å². The summed E-state index contributed by atoms with van der Waals surface area (Å²) in [6, 6.07) is 11.4. The van der Waals surface area contributed by atoms with Gasteiger partial charge in [-0.15, -0.1) is 11.3 Å². The molecule has 0 aliphatic heterocycles. The molecule has 7 nitrogen and oxygen atoms in total. The Bertz CT molecular complexity index is 1070. The Morgan fingerprint density at radius 3 is 2.93 bits per heavy atom. The molecule has 0 aliphatic carbocycles. The molecular formula is C19H16BrN5O2S. The third-order valence-corrected chi connectivity index (χ3v) is 5.26. The van der Waals surface area contributed by atoms with Crippen molar-refractivity contribution >= 4 is 38.9 Å². The number of anilines is 1. The maximum Gasteiger partial charge on any atom is 0.226 e. The molecule has 0 unspecified atom stereocenters. The highest BCUT2D eigenvalue weighted by molar-refractivity contribution is 9.10. The predicted octanol–water partition coefficient (Wildman–Crippen LogP) is 4.71. The van der Waals surface area contributed by atoms with E-state index in [9.17, 15) is 4.79 Å². The van der Waals surface area contributed by atoms with Crippen LogP contribution >= 0.6 is 27.3 Å². The number of para-hydroxylation sites is 2. The zero-order chi connectivity index (χ0) is 19.3. The number of rotatable bonds is 7. The van der Waals surface area contributed by atoms with Crippen molar-refractivity contribution in [3.63, 3.8) is 0 Å². The van der Waals surface area contributed by atoms with Crippen LogP contribution < -0.4 is 5.32 Å². The third-order valence-electron chi connectivity index (χ3n) is 3.98. The minimum Gasteiger partial charge on any atom is -0.339 e. The minimum absolute atomic E-state index is 0.0725. The molecule has 1 amide bonds. The van der Waals surface area contributed by atoms with Gasteiger partial charge in [0.05, 0.1) is 26.9 Å². The number of aryl methyl sites for hydroxylation is 1. The number of nitrogens with one attached hydrogen (secondary N) is 1. The summed E-state index contributed by atoms with van der Waals surface area (Å²) in [7, 11) is 0. The fourth-order valence-corrected chi connectivity index (χ4v) is 3.62. The summed E-state index contributed by atoms with van der Waals surface area (Å²) in [5, 5.41) is 13.2. The highest BCUT2D eigenvalue weighted by atomic mass is 79.9. The highest BCUT2D eigenvalue weighted by Gasteiger charge is 2.12. The largest absolute Gasteiger partial charge is 0.339 e. The Morgan fingerprint density at radius 1 is 1.25 bits per heavy atom. The van der Waals surface area contributed by atoms with Gasteiger partial charge in [0.1, 0.15) is 0 Å². The van der Waals surface area contributed by atoms with E-state index in [2.05, 4.69) is 36.5 Å². The van der Waals surface area contributed by atoms with Crippen LogP contribution in [-0.4, -0.2) is 25.8 Å². The molecule has 4 aromatic rings. The van der Waals surface area contributed by atoms with Crippen molar-refractivity contribution < 1.29 is 9.32 Å². The van der Waals surface area contributed by atoms with Crippen molar-refractivity contribution in [2.75, 3.05) is 5.32 Å². The molecule has 0 radical (unpaired) electrons. The lowest BCUT2D eigenvalue weighted by molar-refractivity contribution is -0.116. The number of carbonyl (C=O) groups is 1. The Balaban J connectivity index is 1.33. The number of hydrogen-bond donors (Lipinski definition) is 1. The number of hydrogen-bond acceptors (Lipinski definition) is 6. The maximum atomic E-state index is 12.4. The second-order valence-corrected chi connectivity index (χ2v) is 7.87. The van der Waals surface area contributed by atoms with Gasteiger partial charge < -0.3 is 9.84 Å². The van der Waals surface area contributed by atoms with Gasteiger partial charge in [0, 0.05) is 19.0 Å². The predicted molar refractivity (Wildman–Crippen MR) is 110 cm³/mol. The lowest BCUT2D eigenvalue weighted by Crippen LogP contribution is -2.13. The maximum absolute atomic E-state index is 12.4. The molecule has 4 rings (SSSR count). The van der Waals surface area contributed by atoms with Crippen LogP contribution in [0.2, 0.25) is 0 Å². The quantitative estimate of drug-likeness (QED) is 0.434. The molecule has 142 valence electrons. The van der Waals surface area contributed by atoms with Crippen LogP contribution in [0.1, 0.15) is 18.7 Å². The molecule has 1 N–H and O–H groups in total. The van der Waals surface area contributed by atoms with Crippen LogP contribution in [-0.2, 0) is 11.2 Å². The van der Waals surface area contributed by atoms with Gasteiger partial charge in [0.25, 0.3) is 0 Å². The van der Waals surface area contributed by atoms with Gasteiger partial charge in [-0.25, -0.2) is 4.68 Å². The molecule has 0 aliphatic rings. The zero-order valence-electron chi connectivity index (χ0n) is 14.7. The van der Waals surface area contributed by atoms with Gasteiger partial charge in [-0.1, -0.05) is 23.4 Å². The SMILES string of the molecule is O=C(CCCc1nc(-c2cccs2)no1)Nc1ccccc1-n1cc(Br)cn1. The van der Waals surface area contributed by atoms with Crippen molar-refractivity contribution in [2.45, 2.75) is 19.3 Å². The molecule has 28 heavy (non-hydrogen) atoms. The molecule has 0 bridgehead atoms. The smallest absolute Gasteiger partial charge is 0.226 e.